The second-order valence-electron chi connectivity index (χ2n) is 4.83. The van der Waals surface area contributed by atoms with Crippen molar-refractivity contribution in [3.8, 4) is 0 Å². The topological polar surface area (TPSA) is 61.2 Å². The van der Waals surface area contributed by atoms with Crippen LogP contribution < -0.4 is 5.69 Å². The van der Waals surface area contributed by atoms with Gasteiger partial charge < -0.3 is 4.74 Å². The Labute approximate surface area is 123 Å². The summed E-state index contributed by atoms with van der Waals surface area (Å²) in [5, 5.41) is 0. The minimum Gasteiger partial charge on any atom is -0.462 e. The van der Waals surface area contributed by atoms with Crippen molar-refractivity contribution in [1.82, 2.24) is 9.55 Å². The van der Waals surface area contributed by atoms with E-state index in [1.807, 2.05) is 25.1 Å². The third kappa shape index (κ3) is 3.56. The molecule has 110 valence electrons. The lowest BCUT2D eigenvalue weighted by atomic mass is 10.1. The van der Waals surface area contributed by atoms with Crippen LogP contribution in [0, 0.1) is 13.8 Å². The second kappa shape index (κ2) is 6.35. The Kier molecular flexibility index (Phi) is 4.52. The highest BCUT2D eigenvalue weighted by Crippen LogP contribution is 2.08. The molecule has 1 aromatic carbocycles. The average Bonchev–Trinajstić information content (AvgIpc) is 2.43. The van der Waals surface area contributed by atoms with E-state index in [1.54, 1.807) is 30.5 Å². The van der Waals surface area contributed by atoms with Gasteiger partial charge >= 0.3 is 11.7 Å². The standard InChI is InChI=1S/C16H18N2O3/c1-4-21-15(19)14-7-5-13(6-8-14)10-18-12(3)9-11(2)17-16(18)20/h5-9H,4,10H2,1-3H3. The van der Waals surface area contributed by atoms with E-state index in [1.165, 1.54) is 0 Å². The van der Waals surface area contributed by atoms with Crippen molar-refractivity contribution in [2.45, 2.75) is 27.3 Å². The zero-order chi connectivity index (χ0) is 15.4. The summed E-state index contributed by atoms with van der Waals surface area (Å²) in [6.07, 6.45) is 0. The minimum atomic E-state index is -0.339. The molecule has 5 heteroatoms. The summed E-state index contributed by atoms with van der Waals surface area (Å²) >= 11 is 0. The van der Waals surface area contributed by atoms with Crippen molar-refractivity contribution in [1.29, 1.82) is 0 Å². The number of benzene rings is 1. The molecule has 0 saturated heterocycles. The molecule has 2 aromatic rings. The highest BCUT2D eigenvalue weighted by molar-refractivity contribution is 5.89. The van der Waals surface area contributed by atoms with Crippen molar-refractivity contribution < 1.29 is 9.53 Å². The van der Waals surface area contributed by atoms with Crippen LogP contribution in [0.1, 0.15) is 34.2 Å². The number of ether oxygens (including phenoxy) is 1. The Balaban J connectivity index is 2.22. The molecule has 5 nitrogen and oxygen atoms in total. The lowest BCUT2D eigenvalue weighted by Gasteiger charge is -2.10. The van der Waals surface area contributed by atoms with Gasteiger partial charge in [-0.2, -0.15) is 4.98 Å². The highest BCUT2D eigenvalue weighted by atomic mass is 16.5. The van der Waals surface area contributed by atoms with E-state index >= 15 is 0 Å². The summed E-state index contributed by atoms with van der Waals surface area (Å²) in [6, 6.07) is 8.91. The zero-order valence-corrected chi connectivity index (χ0v) is 12.4. The second-order valence-corrected chi connectivity index (χ2v) is 4.83. The number of aryl methyl sites for hydroxylation is 2. The lowest BCUT2D eigenvalue weighted by Crippen LogP contribution is -2.26. The van der Waals surface area contributed by atoms with Crippen LogP contribution >= 0.6 is 0 Å². The molecular weight excluding hydrogens is 268 g/mol. The molecule has 0 bridgehead atoms. The maximum Gasteiger partial charge on any atom is 0.348 e. The maximum absolute atomic E-state index is 11.9. The fourth-order valence-corrected chi connectivity index (χ4v) is 2.11. The van der Waals surface area contributed by atoms with E-state index in [9.17, 15) is 9.59 Å². The van der Waals surface area contributed by atoms with Crippen molar-refractivity contribution in [3.05, 3.63) is 63.3 Å². The average molecular weight is 286 g/mol. The molecule has 0 aliphatic heterocycles. The molecule has 0 spiro atoms. The summed E-state index contributed by atoms with van der Waals surface area (Å²) in [4.78, 5) is 27.4. The fraction of sp³-hybridized carbons (Fsp3) is 0.312. The molecule has 1 heterocycles. The SMILES string of the molecule is CCOC(=O)c1ccc(Cn2c(C)cc(C)nc2=O)cc1. The molecule has 0 fully saturated rings. The molecule has 21 heavy (non-hydrogen) atoms. The third-order valence-corrected chi connectivity index (χ3v) is 3.15. The van der Waals surface area contributed by atoms with Gasteiger partial charge in [-0.25, -0.2) is 9.59 Å². The molecular formula is C16H18N2O3. The number of rotatable bonds is 4. The maximum atomic E-state index is 11.9. The van der Waals surface area contributed by atoms with Crippen LogP contribution in [0.4, 0.5) is 0 Å². The Morgan fingerprint density at radius 2 is 1.90 bits per heavy atom. The summed E-state index contributed by atoms with van der Waals surface area (Å²) in [6.45, 7) is 6.23. The molecule has 0 unspecified atom stereocenters. The van der Waals surface area contributed by atoms with E-state index < -0.39 is 0 Å². The number of aromatic nitrogens is 2. The van der Waals surface area contributed by atoms with E-state index in [-0.39, 0.29) is 11.7 Å². The molecule has 1 aromatic heterocycles. The van der Waals surface area contributed by atoms with Crippen LogP contribution in [0.15, 0.2) is 35.1 Å². The summed E-state index contributed by atoms with van der Waals surface area (Å²) in [5.74, 6) is -0.339. The first-order valence-electron chi connectivity index (χ1n) is 6.82. The monoisotopic (exact) mass is 286 g/mol. The Hall–Kier alpha value is -2.43. The van der Waals surface area contributed by atoms with Gasteiger partial charge in [-0.15, -0.1) is 0 Å². The van der Waals surface area contributed by atoms with Crippen LogP contribution in [-0.2, 0) is 11.3 Å². The van der Waals surface area contributed by atoms with Crippen molar-refractivity contribution in [3.63, 3.8) is 0 Å². The van der Waals surface area contributed by atoms with Crippen LogP contribution in [-0.4, -0.2) is 22.1 Å². The van der Waals surface area contributed by atoms with E-state index in [0.717, 1.165) is 11.3 Å². The van der Waals surface area contributed by atoms with Gasteiger partial charge in [0.15, 0.2) is 0 Å². The van der Waals surface area contributed by atoms with Gasteiger partial charge in [0.05, 0.1) is 18.7 Å². The first-order valence-corrected chi connectivity index (χ1v) is 6.82. The van der Waals surface area contributed by atoms with Gasteiger partial charge in [0.25, 0.3) is 0 Å². The minimum absolute atomic E-state index is 0.262. The number of hydrogen-bond donors (Lipinski definition) is 0. The quantitative estimate of drug-likeness (QED) is 0.807. The van der Waals surface area contributed by atoms with Crippen LogP contribution in [0.3, 0.4) is 0 Å². The molecule has 0 saturated carbocycles. The summed E-state index contributed by atoms with van der Waals surface area (Å²) < 4.78 is 6.54. The first kappa shape index (κ1) is 15.0. The van der Waals surface area contributed by atoms with Crippen LogP contribution in [0.2, 0.25) is 0 Å². The van der Waals surface area contributed by atoms with Crippen molar-refractivity contribution in [2.24, 2.45) is 0 Å². The smallest absolute Gasteiger partial charge is 0.348 e. The van der Waals surface area contributed by atoms with Gasteiger partial charge in [-0.1, -0.05) is 12.1 Å². The third-order valence-electron chi connectivity index (χ3n) is 3.15. The van der Waals surface area contributed by atoms with Gasteiger partial charge in [0.2, 0.25) is 0 Å². The predicted octanol–water partition coefficient (Wildman–Crippen LogP) is 2.09. The fourth-order valence-electron chi connectivity index (χ4n) is 2.11. The van der Waals surface area contributed by atoms with E-state index in [0.29, 0.717) is 24.4 Å². The number of esters is 1. The van der Waals surface area contributed by atoms with E-state index in [2.05, 4.69) is 4.98 Å². The largest absolute Gasteiger partial charge is 0.462 e. The number of carbonyl (C=O) groups excluding carboxylic acids is 1. The molecule has 2 rings (SSSR count). The highest BCUT2D eigenvalue weighted by Gasteiger charge is 2.07. The van der Waals surface area contributed by atoms with Gasteiger partial charge in [0.1, 0.15) is 0 Å². The van der Waals surface area contributed by atoms with Gasteiger partial charge in [0, 0.05) is 11.4 Å². The summed E-state index contributed by atoms with van der Waals surface area (Å²) in [5.41, 5.74) is 2.75. The number of hydrogen-bond acceptors (Lipinski definition) is 4. The number of nitrogens with zero attached hydrogens (tertiary/aromatic N) is 2. The summed E-state index contributed by atoms with van der Waals surface area (Å²) in [7, 11) is 0. The van der Waals surface area contributed by atoms with Crippen molar-refractivity contribution >= 4 is 5.97 Å². The van der Waals surface area contributed by atoms with E-state index in [4.69, 9.17) is 4.74 Å². The number of carbonyl (C=O) groups is 1. The van der Waals surface area contributed by atoms with Gasteiger partial charge in [-0.05, 0) is 44.5 Å². The van der Waals surface area contributed by atoms with Gasteiger partial charge in [-0.3, -0.25) is 4.57 Å². The zero-order valence-electron chi connectivity index (χ0n) is 12.4. The Bertz CT molecular complexity index is 702. The Morgan fingerprint density at radius 3 is 2.48 bits per heavy atom. The molecule has 0 aliphatic rings. The van der Waals surface area contributed by atoms with Crippen LogP contribution in [0.5, 0.6) is 0 Å². The normalized spacial score (nSPS) is 10.4. The molecule has 0 amide bonds. The Morgan fingerprint density at radius 1 is 1.24 bits per heavy atom. The molecule has 0 atom stereocenters. The van der Waals surface area contributed by atoms with Crippen LogP contribution in [0.25, 0.3) is 0 Å². The predicted molar refractivity (Wildman–Crippen MR) is 79.5 cm³/mol. The molecule has 0 aliphatic carbocycles. The molecule has 0 N–H and O–H groups in total. The molecule has 0 radical (unpaired) electrons. The first-order chi connectivity index (χ1) is 10.0. The van der Waals surface area contributed by atoms with Crippen molar-refractivity contribution in [2.75, 3.05) is 6.61 Å². The lowest BCUT2D eigenvalue weighted by molar-refractivity contribution is 0.0526.